The Morgan fingerprint density at radius 1 is 1.06 bits per heavy atom. The zero-order valence-corrected chi connectivity index (χ0v) is 25.1. The lowest BCUT2D eigenvalue weighted by atomic mass is 10.1. The number of nitrogen functional groups attached to an aromatic ring is 1. The third kappa shape index (κ3) is 6.30. The molecule has 2 fully saturated rings. The third-order valence-electron chi connectivity index (χ3n) is 7.47. The molecule has 2 aliphatic carbocycles. The number of amides is 1. The van der Waals surface area contributed by atoms with Gasteiger partial charge in [-0.05, 0) is 56.0 Å². The van der Waals surface area contributed by atoms with Gasteiger partial charge in [-0.15, -0.1) is 0 Å². The summed E-state index contributed by atoms with van der Waals surface area (Å²) >= 11 is 0. The first-order valence-electron chi connectivity index (χ1n) is 14.9. The van der Waals surface area contributed by atoms with Gasteiger partial charge in [-0.2, -0.15) is 24.5 Å². The van der Waals surface area contributed by atoms with Crippen molar-refractivity contribution in [2.24, 2.45) is 4.99 Å². The normalized spacial score (nSPS) is 14.8. The van der Waals surface area contributed by atoms with Gasteiger partial charge in [-0.3, -0.25) is 19.6 Å². The summed E-state index contributed by atoms with van der Waals surface area (Å²) in [6.45, 7) is 0. The summed E-state index contributed by atoms with van der Waals surface area (Å²) in [5.74, 6) is 0.759. The Balaban J connectivity index is 0.000000190. The lowest BCUT2D eigenvalue weighted by Gasteiger charge is -2.07. The van der Waals surface area contributed by atoms with Crippen molar-refractivity contribution >= 4 is 47.0 Å². The van der Waals surface area contributed by atoms with Crippen LogP contribution in [0, 0.1) is 11.3 Å². The van der Waals surface area contributed by atoms with Crippen LogP contribution >= 0.6 is 0 Å². The minimum Gasteiger partial charge on any atom is -0.493 e. The zero-order valence-electron chi connectivity index (χ0n) is 25.1. The van der Waals surface area contributed by atoms with E-state index in [-0.39, 0.29) is 29.3 Å². The number of hydrogen-bond acceptors (Lipinski definition) is 12. The van der Waals surface area contributed by atoms with Crippen LogP contribution in [0.1, 0.15) is 57.7 Å². The van der Waals surface area contributed by atoms with E-state index in [0.29, 0.717) is 50.6 Å². The van der Waals surface area contributed by atoms with Crippen molar-refractivity contribution in [3.8, 4) is 11.9 Å². The Labute approximate surface area is 269 Å². The Hall–Kier alpha value is -6.83. The van der Waals surface area contributed by atoms with Gasteiger partial charge < -0.3 is 26.5 Å². The van der Waals surface area contributed by atoms with E-state index in [2.05, 4.69) is 45.8 Å². The van der Waals surface area contributed by atoms with Crippen LogP contribution in [0.25, 0.3) is 17.4 Å². The number of anilines is 3. The fourth-order valence-corrected chi connectivity index (χ4v) is 4.77. The number of carbonyl (C=O) groups excluding carboxylic acids is 2. The van der Waals surface area contributed by atoms with Crippen LogP contribution in [0.15, 0.2) is 58.6 Å². The van der Waals surface area contributed by atoms with Crippen molar-refractivity contribution in [2.45, 2.75) is 37.8 Å². The van der Waals surface area contributed by atoms with Crippen LogP contribution in [0.2, 0.25) is 0 Å². The Kier molecular flexibility index (Phi) is 7.57. The van der Waals surface area contributed by atoms with Crippen molar-refractivity contribution in [3.63, 3.8) is 0 Å². The number of rotatable bonds is 7. The highest BCUT2D eigenvalue weighted by atomic mass is 16.3. The van der Waals surface area contributed by atoms with E-state index in [9.17, 15) is 19.5 Å². The fourth-order valence-electron chi connectivity index (χ4n) is 4.77. The first kappa shape index (κ1) is 29.9. The second-order valence-electron chi connectivity index (χ2n) is 11.3. The van der Waals surface area contributed by atoms with E-state index < -0.39 is 5.69 Å². The molecule has 8 rings (SSSR count). The Bertz CT molecular complexity index is 2420. The van der Waals surface area contributed by atoms with Crippen molar-refractivity contribution < 1.29 is 14.7 Å². The summed E-state index contributed by atoms with van der Waals surface area (Å²) < 4.78 is 3.15. The number of fused-ring (bicyclic) bond motifs is 2. The van der Waals surface area contributed by atoms with E-state index >= 15 is 0 Å². The number of hydrogen-bond donors (Lipinski definition) is 6. The number of nitrogens with zero attached hydrogens (tertiary/aromatic N) is 8. The number of carbonyl (C=O) groups is 2. The molecule has 0 bridgehead atoms. The molecule has 240 valence electrons. The summed E-state index contributed by atoms with van der Waals surface area (Å²) in [5.41, 5.74) is 8.03. The van der Waals surface area contributed by atoms with Gasteiger partial charge in [0.05, 0.1) is 35.6 Å². The van der Waals surface area contributed by atoms with Crippen LogP contribution in [0.3, 0.4) is 0 Å². The summed E-state index contributed by atoms with van der Waals surface area (Å²) in [5, 5.41) is 33.8. The van der Waals surface area contributed by atoms with E-state index in [4.69, 9.17) is 11.0 Å². The molecule has 0 aliphatic heterocycles. The molecule has 0 radical (unpaired) electrons. The van der Waals surface area contributed by atoms with Gasteiger partial charge in [0.15, 0.2) is 23.1 Å². The van der Waals surface area contributed by atoms with Gasteiger partial charge in [0.1, 0.15) is 23.1 Å². The van der Waals surface area contributed by atoms with Gasteiger partial charge in [0, 0.05) is 29.0 Å². The number of imidazole rings is 1. The molecule has 2 aliphatic rings. The maximum Gasteiger partial charge on any atom is 0.326 e. The average molecular weight is 646 g/mol. The summed E-state index contributed by atoms with van der Waals surface area (Å²) in [6.07, 6.45) is 9.56. The van der Waals surface area contributed by atoms with E-state index in [1.54, 1.807) is 45.4 Å². The number of nitrogens with one attached hydrogen (secondary N) is 4. The molecule has 5 aromatic heterocycles. The molecule has 1 aromatic carbocycles. The quantitative estimate of drug-likeness (QED) is 0.133. The number of aromatic amines is 2. The number of aromatic nitrogens is 8. The predicted octanol–water partition coefficient (Wildman–Crippen LogP) is 0.884. The molecule has 17 nitrogen and oxygen atoms in total. The minimum absolute atomic E-state index is 0.180. The molecule has 7 N–H and O–H groups in total. The second-order valence-corrected chi connectivity index (χ2v) is 11.3. The van der Waals surface area contributed by atoms with E-state index in [1.807, 2.05) is 6.07 Å². The number of benzene rings is 1. The molecular weight excluding hydrogens is 618 g/mol. The number of nitriles is 1. The molecule has 6 aromatic rings. The van der Waals surface area contributed by atoms with Crippen molar-refractivity contribution in [3.05, 3.63) is 92.4 Å². The standard InChI is InChI=1S/C21H16N8O3.C10H11N5O/c22-9-11-1-3-12(4-2-11)19(30)27-16-8-17(24-14-5-6-14)29-18(26-16)13(10-23-29)7-15-20(31)28-21(32)25-15;11-8-3-9(13-7-1-2-7)15-10(14-8)6(5-16)4-12-15/h1-4,7-8,10,14,31H,5-6H2,(H,27,30)(H2,25,28,32);3-5,7,13H,1-2H2,(H2,11,14). The van der Waals surface area contributed by atoms with Gasteiger partial charge in [0.2, 0.25) is 5.88 Å². The maximum atomic E-state index is 12.7. The molecule has 0 unspecified atom stereocenters. The second kappa shape index (κ2) is 12.2. The van der Waals surface area contributed by atoms with Gasteiger partial charge in [-0.1, -0.05) is 0 Å². The molecule has 0 saturated heterocycles. The van der Waals surface area contributed by atoms with Crippen LogP contribution < -0.4 is 32.8 Å². The summed E-state index contributed by atoms with van der Waals surface area (Å²) in [4.78, 5) is 52.9. The Morgan fingerprint density at radius 2 is 1.83 bits per heavy atom. The SMILES string of the molecule is N#Cc1ccc(C(=O)Nc2cc(=NC3CC3)n3ncc(=Cc4[nH]c(=O)[nH]c4O)c3n2)cc1.Nc1cc(NC2CC2)n2ncc(C=O)c2n1. The average Bonchev–Trinajstić information content (AvgIpc) is 3.97. The highest BCUT2D eigenvalue weighted by Gasteiger charge is 2.23. The topological polar surface area (TPSA) is 250 Å². The van der Waals surface area contributed by atoms with Crippen molar-refractivity contribution in [1.82, 2.24) is 39.2 Å². The van der Waals surface area contributed by atoms with Crippen molar-refractivity contribution in [2.75, 3.05) is 16.4 Å². The first-order chi connectivity index (χ1) is 23.3. The molecule has 0 atom stereocenters. The van der Waals surface area contributed by atoms with E-state index in [0.717, 1.165) is 37.8 Å². The summed E-state index contributed by atoms with van der Waals surface area (Å²) in [6, 6.07) is 12.3. The molecule has 17 heteroatoms. The van der Waals surface area contributed by atoms with Gasteiger partial charge in [-0.25, -0.2) is 14.8 Å². The number of aldehydes is 1. The highest BCUT2D eigenvalue weighted by Crippen LogP contribution is 2.26. The van der Waals surface area contributed by atoms with Crippen LogP contribution in [0.4, 0.5) is 17.5 Å². The fraction of sp³-hybridized carbons (Fsp3) is 0.194. The third-order valence-corrected chi connectivity index (χ3v) is 7.47. The monoisotopic (exact) mass is 645 g/mol. The van der Waals surface area contributed by atoms with Gasteiger partial charge >= 0.3 is 5.69 Å². The lowest BCUT2D eigenvalue weighted by Crippen LogP contribution is -2.22. The Morgan fingerprint density at radius 3 is 2.50 bits per heavy atom. The molecule has 48 heavy (non-hydrogen) atoms. The highest BCUT2D eigenvalue weighted by molar-refractivity contribution is 6.03. The number of aromatic hydroxyl groups is 1. The van der Waals surface area contributed by atoms with Crippen LogP contribution in [0.5, 0.6) is 5.88 Å². The van der Waals surface area contributed by atoms with Crippen LogP contribution in [-0.4, -0.2) is 68.5 Å². The minimum atomic E-state index is -0.544. The smallest absolute Gasteiger partial charge is 0.326 e. The molecule has 1 amide bonds. The summed E-state index contributed by atoms with van der Waals surface area (Å²) in [7, 11) is 0. The lowest BCUT2D eigenvalue weighted by molar-refractivity contribution is 0.102. The molecular formula is C31H27N13O4. The molecule has 2 saturated carbocycles. The van der Waals surface area contributed by atoms with Crippen molar-refractivity contribution in [1.29, 1.82) is 5.26 Å². The molecule has 5 heterocycles. The molecule has 0 spiro atoms. The zero-order chi connectivity index (χ0) is 33.4. The van der Waals surface area contributed by atoms with Crippen LogP contribution in [-0.2, 0) is 0 Å². The predicted molar refractivity (Wildman–Crippen MR) is 172 cm³/mol. The number of H-pyrrole nitrogens is 2. The van der Waals surface area contributed by atoms with Gasteiger partial charge in [0.25, 0.3) is 5.91 Å². The largest absolute Gasteiger partial charge is 0.493 e. The maximum absolute atomic E-state index is 12.7. The number of nitrogens with two attached hydrogens (primary N) is 1. The van der Waals surface area contributed by atoms with E-state index in [1.165, 1.54) is 18.5 Å². The first-order valence-corrected chi connectivity index (χ1v) is 14.9.